The molecule has 3 aromatic carbocycles. The summed E-state index contributed by atoms with van der Waals surface area (Å²) in [6.07, 6.45) is 0.273. The Labute approximate surface area is 238 Å². The number of sulfonamides is 1. The second kappa shape index (κ2) is 13.4. The second-order valence-electron chi connectivity index (χ2n) is 9.23. The lowest BCUT2D eigenvalue weighted by Crippen LogP contribution is -2.53. The molecule has 7 nitrogen and oxygen atoms in total. The molecular weight excluding hydrogens is 590 g/mol. The minimum atomic E-state index is -3.97. The van der Waals surface area contributed by atoms with Gasteiger partial charge in [-0.25, -0.2) is 8.42 Å². The van der Waals surface area contributed by atoms with Gasteiger partial charge in [-0.3, -0.25) is 9.59 Å². The average molecular weight is 621 g/mol. The topological polar surface area (TPSA) is 86.8 Å². The summed E-state index contributed by atoms with van der Waals surface area (Å²) in [4.78, 5) is 28.7. The van der Waals surface area contributed by atoms with Crippen molar-refractivity contribution in [2.75, 3.05) is 13.6 Å². The first-order valence-electron chi connectivity index (χ1n) is 12.1. The third-order valence-electron chi connectivity index (χ3n) is 5.85. The van der Waals surface area contributed by atoms with E-state index in [1.165, 1.54) is 36.2 Å². The van der Waals surface area contributed by atoms with Crippen LogP contribution in [0, 0.1) is 0 Å². The molecule has 10 heteroatoms. The lowest BCUT2D eigenvalue weighted by atomic mass is 10.0. The molecule has 2 amide bonds. The van der Waals surface area contributed by atoms with Crippen molar-refractivity contribution in [1.82, 2.24) is 14.5 Å². The average Bonchev–Trinajstić information content (AvgIpc) is 2.87. The van der Waals surface area contributed by atoms with Gasteiger partial charge in [0.25, 0.3) is 0 Å². The van der Waals surface area contributed by atoms with Crippen LogP contribution in [0.5, 0.6) is 0 Å². The Bertz CT molecular complexity index is 1330. The summed E-state index contributed by atoms with van der Waals surface area (Å²) < 4.78 is 28.2. The predicted octanol–water partition coefficient (Wildman–Crippen LogP) is 4.89. The number of likely N-dealkylation sites (N-methyl/N-ethyl adjacent to an activating group) is 1. The van der Waals surface area contributed by atoms with Gasteiger partial charge in [-0.05, 0) is 61.4 Å². The van der Waals surface area contributed by atoms with Crippen LogP contribution in [0.1, 0.15) is 25.0 Å². The maximum absolute atomic E-state index is 13.8. The summed E-state index contributed by atoms with van der Waals surface area (Å²) in [5.74, 6) is -0.801. The van der Waals surface area contributed by atoms with Crippen molar-refractivity contribution in [2.45, 2.75) is 43.8 Å². The fourth-order valence-corrected chi connectivity index (χ4v) is 5.38. The highest BCUT2D eigenvalue weighted by atomic mass is 79.9. The van der Waals surface area contributed by atoms with Gasteiger partial charge in [0.15, 0.2) is 0 Å². The molecule has 3 aromatic rings. The van der Waals surface area contributed by atoms with E-state index in [2.05, 4.69) is 21.2 Å². The first-order chi connectivity index (χ1) is 18.0. The molecule has 1 N–H and O–H groups in total. The van der Waals surface area contributed by atoms with Crippen molar-refractivity contribution in [3.05, 3.63) is 99.5 Å². The van der Waals surface area contributed by atoms with Gasteiger partial charge in [-0.2, -0.15) is 4.31 Å². The molecule has 0 radical (unpaired) electrons. The SMILES string of the molecule is CC(C)NC(=O)[C@H](Cc1ccccc1)N(Cc1ccc(Br)cc1)C(=O)CN(C)S(=O)(=O)c1ccc(Cl)cc1. The number of nitrogens with one attached hydrogen (secondary N) is 1. The van der Waals surface area contributed by atoms with Crippen LogP contribution in [0.4, 0.5) is 0 Å². The van der Waals surface area contributed by atoms with Crippen molar-refractivity contribution in [3.8, 4) is 0 Å². The number of amides is 2. The van der Waals surface area contributed by atoms with Gasteiger partial charge in [-0.15, -0.1) is 0 Å². The Hall–Kier alpha value is -2.72. The smallest absolute Gasteiger partial charge is 0.243 e. The van der Waals surface area contributed by atoms with Crippen LogP contribution in [0.15, 0.2) is 88.2 Å². The van der Waals surface area contributed by atoms with Crippen LogP contribution in [0.2, 0.25) is 5.02 Å². The van der Waals surface area contributed by atoms with Crippen LogP contribution in [0.3, 0.4) is 0 Å². The summed E-state index contributed by atoms with van der Waals surface area (Å²) in [6.45, 7) is 3.39. The van der Waals surface area contributed by atoms with E-state index in [9.17, 15) is 18.0 Å². The van der Waals surface area contributed by atoms with Crippen LogP contribution in [-0.4, -0.2) is 55.1 Å². The molecule has 0 bridgehead atoms. The molecule has 0 saturated heterocycles. The Morgan fingerprint density at radius 2 is 1.53 bits per heavy atom. The number of benzene rings is 3. The molecule has 0 heterocycles. The van der Waals surface area contributed by atoms with Gasteiger partial charge in [0, 0.05) is 35.6 Å². The van der Waals surface area contributed by atoms with E-state index >= 15 is 0 Å². The van der Waals surface area contributed by atoms with Crippen LogP contribution in [-0.2, 0) is 32.6 Å². The molecule has 0 aliphatic heterocycles. The van der Waals surface area contributed by atoms with E-state index in [-0.39, 0.29) is 29.8 Å². The third-order valence-corrected chi connectivity index (χ3v) is 8.45. The molecule has 1 atom stereocenters. The van der Waals surface area contributed by atoms with E-state index in [4.69, 9.17) is 11.6 Å². The maximum atomic E-state index is 13.8. The zero-order valence-corrected chi connectivity index (χ0v) is 24.6. The highest BCUT2D eigenvalue weighted by Crippen LogP contribution is 2.20. The predicted molar refractivity (Wildman–Crippen MR) is 153 cm³/mol. The van der Waals surface area contributed by atoms with Gasteiger partial charge < -0.3 is 10.2 Å². The summed E-state index contributed by atoms with van der Waals surface area (Å²) in [5.41, 5.74) is 1.69. The maximum Gasteiger partial charge on any atom is 0.243 e. The summed E-state index contributed by atoms with van der Waals surface area (Å²) in [7, 11) is -2.62. The lowest BCUT2D eigenvalue weighted by molar-refractivity contribution is -0.141. The normalized spacial score (nSPS) is 12.4. The van der Waals surface area contributed by atoms with Gasteiger partial charge in [-0.1, -0.05) is 70.0 Å². The van der Waals surface area contributed by atoms with Crippen LogP contribution in [0.25, 0.3) is 0 Å². The van der Waals surface area contributed by atoms with Crippen LogP contribution >= 0.6 is 27.5 Å². The highest BCUT2D eigenvalue weighted by molar-refractivity contribution is 9.10. The molecule has 38 heavy (non-hydrogen) atoms. The van der Waals surface area contributed by atoms with Crippen molar-refractivity contribution in [3.63, 3.8) is 0 Å². The molecule has 0 aromatic heterocycles. The molecule has 0 spiro atoms. The Morgan fingerprint density at radius 3 is 2.11 bits per heavy atom. The number of carbonyl (C=O) groups is 2. The molecular formula is C28H31BrClN3O4S. The largest absolute Gasteiger partial charge is 0.352 e. The number of hydrogen-bond acceptors (Lipinski definition) is 4. The zero-order valence-electron chi connectivity index (χ0n) is 21.5. The molecule has 0 aliphatic rings. The van der Waals surface area contributed by atoms with Gasteiger partial charge in [0.2, 0.25) is 21.8 Å². The fourth-order valence-electron chi connectivity index (χ4n) is 3.87. The first-order valence-corrected chi connectivity index (χ1v) is 14.7. The first kappa shape index (κ1) is 29.8. The van der Waals surface area contributed by atoms with E-state index in [0.29, 0.717) is 5.02 Å². The monoisotopic (exact) mass is 619 g/mol. The summed E-state index contributed by atoms with van der Waals surface area (Å²) in [5, 5.41) is 3.33. The van der Waals surface area contributed by atoms with Crippen molar-refractivity contribution in [2.24, 2.45) is 0 Å². The van der Waals surface area contributed by atoms with E-state index in [1.807, 2.05) is 68.4 Å². The van der Waals surface area contributed by atoms with E-state index < -0.39 is 28.5 Å². The standard InChI is InChI=1S/C28H31BrClN3O4S/c1-20(2)31-28(35)26(17-21-7-5-4-6-8-21)33(18-22-9-11-23(29)12-10-22)27(34)19-32(3)38(36,37)25-15-13-24(30)14-16-25/h4-16,20,26H,17-19H2,1-3H3,(H,31,35)/t26-/m0/s1. The van der Waals surface area contributed by atoms with Crippen molar-refractivity contribution >= 4 is 49.4 Å². The number of nitrogens with zero attached hydrogens (tertiary/aromatic N) is 2. The summed E-state index contributed by atoms with van der Waals surface area (Å²) in [6, 6.07) is 21.6. The second-order valence-corrected chi connectivity index (χ2v) is 12.6. The molecule has 3 rings (SSSR count). The number of hydrogen-bond donors (Lipinski definition) is 1. The molecule has 0 saturated carbocycles. The van der Waals surface area contributed by atoms with Crippen molar-refractivity contribution < 1.29 is 18.0 Å². The molecule has 0 aliphatic carbocycles. The van der Waals surface area contributed by atoms with Gasteiger partial charge in [0.05, 0.1) is 11.4 Å². The molecule has 202 valence electrons. The quantitative estimate of drug-likeness (QED) is 0.331. The Kier molecular flexibility index (Phi) is 10.5. The zero-order chi connectivity index (χ0) is 27.9. The minimum Gasteiger partial charge on any atom is -0.352 e. The van der Waals surface area contributed by atoms with E-state index in [1.54, 1.807) is 0 Å². The Morgan fingerprint density at radius 1 is 0.921 bits per heavy atom. The number of carbonyl (C=O) groups excluding carboxylic acids is 2. The number of rotatable bonds is 11. The van der Waals surface area contributed by atoms with Gasteiger partial charge in [0.1, 0.15) is 6.04 Å². The summed E-state index contributed by atoms with van der Waals surface area (Å²) >= 11 is 9.33. The Balaban J connectivity index is 1.96. The van der Waals surface area contributed by atoms with Crippen LogP contribution < -0.4 is 5.32 Å². The lowest BCUT2D eigenvalue weighted by Gasteiger charge is -2.33. The van der Waals surface area contributed by atoms with Crippen molar-refractivity contribution in [1.29, 1.82) is 0 Å². The third kappa shape index (κ3) is 8.14. The minimum absolute atomic E-state index is 0.0232. The molecule has 0 fully saturated rings. The van der Waals surface area contributed by atoms with E-state index in [0.717, 1.165) is 19.9 Å². The highest BCUT2D eigenvalue weighted by Gasteiger charge is 2.33. The van der Waals surface area contributed by atoms with Gasteiger partial charge >= 0.3 is 0 Å². The number of halogens is 2. The molecule has 0 unspecified atom stereocenters. The fraction of sp³-hybridized carbons (Fsp3) is 0.286.